The zero-order chi connectivity index (χ0) is 20.9. The number of alkyl halides is 3. The summed E-state index contributed by atoms with van der Waals surface area (Å²) in [5, 5.41) is 5.71. The van der Waals surface area contributed by atoms with Crippen molar-refractivity contribution >= 4 is 39.1 Å². The van der Waals surface area contributed by atoms with Crippen molar-refractivity contribution in [2.75, 3.05) is 10.6 Å². The molecule has 4 nitrogen and oxygen atoms in total. The molecule has 3 rings (SSSR count). The maximum atomic E-state index is 13.4. The zero-order valence-electron chi connectivity index (χ0n) is 15.7. The molecule has 8 heteroatoms. The van der Waals surface area contributed by atoms with E-state index in [1.54, 1.807) is 24.3 Å². The number of benzene rings is 2. The van der Waals surface area contributed by atoms with Gasteiger partial charge in [-0.3, -0.25) is 0 Å². The van der Waals surface area contributed by atoms with Gasteiger partial charge in [0.25, 0.3) is 0 Å². The average molecular weight is 465 g/mol. The molecule has 0 aliphatic heterocycles. The van der Waals surface area contributed by atoms with E-state index in [1.165, 1.54) is 5.56 Å². The van der Waals surface area contributed by atoms with Crippen LogP contribution in [-0.4, -0.2) is 9.97 Å². The molecule has 0 bridgehead atoms. The monoisotopic (exact) mass is 464 g/mol. The molecule has 29 heavy (non-hydrogen) atoms. The van der Waals surface area contributed by atoms with Crippen LogP contribution in [0.2, 0.25) is 0 Å². The van der Waals surface area contributed by atoms with Crippen LogP contribution in [0.25, 0.3) is 0 Å². The topological polar surface area (TPSA) is 49.8 Å². The van der Waals surface area contributed by atoms with Crippen molar-refractivity contribution in [3.8, 4) is 0 Å². The third-order valence-corrected chi connectivity index (χ3v) is 4.94. The molecule has 0 atom stereocenters. The molecule has 2 N–H and O–H groups in total. The minimum absolute atomic E-state index is 0.0776. The fourth-order valence-corrected chi connectivity index (χ4v) is 3.08. The molecule has 0 spiro atoms. The summed E-state index contributed by atoms with van der Waals surface area (Å²) >= 11 is 3.32. The third kappa shape index (κ3) is 5.69. The van der Waals surface area contributed by atoms with E-state index in [4.69, 9.17) is 0 Å². The average Bonchev–Trinajstić information content (AvgIpc) is 2.68. The van der Waals surface area contributed by atoms with Gasteiger partial charge in [-0.1, -0.05) is 37.6 Å². The molecule has 0 fully saturated rings. The largest absolute Gasteiger partial charge is 0.421 e. The molecular formula is C21H20BrF3N4. The molecule has 0 saturated carbocycles. The Hall–Kier alpha value is -2.61. The predicted molar refractivity (Wildman–Crippen MR) is 113 cm³/mol. The van der Waals surface area contributed by atoms with Gasteiger partial charge in [-0.15, -0.1) is 0 Å². The van der Waals surface area contributed by atoms with Crippen molar-refractivity contribution in [1.82, 2.24) is 9.97 Å². The van der Waals surface area contributed by atoms with Gasteiger partial charge >= 0.3 is 6.18 Å². The van der Waals surface area contributed by atoms with Crippen LogP contribution in [-0.2, 0) is 12.6 Å². The number of rotatable bonds is 7. The standard InChI is InChI=1S/C21H20BrF3N4/c1-2-3-6-14-9-11-15(12-10-14)27-20-26-13-16(21(23,24)25)19(29-20)28-18-8-5-4-7-17(18)22/h4-5,7-13H,2-3,6H2,1H3,(H2,26,27,28,29). The van der Waals surface area contributed by atoms with Crippen LogP contribution < -0.4 is 10.6 Å². The van der Waals surface area contributed by atoms with Gasteiger partial charge in [-0.05, 0) is 58.6 Å². The van der Waals surface area contributed by atoms with Crippen molar-refractivity contribution in [3.63, 3.8) is 0 Å². The number of nitrogens with one attached hydrogen (secondary N) is 2. The molecular weight excluding hydrogens is 445 g/mol. The van der Waals surface area contributed by atoms with E-state index in [0.717, 1.165) is 25.5 Å². The highest BCUT2D eigenvalue weighted by Gasteiger charge is 2.35. The molecule has 0 aliphatic rings. The molecule has 0 radical (unpaired) electrons. The van der Waals surface area contributed by atoms with Crippen molar-refractivity contribution < 1.29 is 13.2 Å². The molecule has 3 aromatic rings. The second-order valence-electron chi connectivity index (χ2n) is 6.48. The second kappa shape index (κ2) is 9.26. The van der Waals surface area contributed by atoms with E-state index in [0.29, 0.717) is 15.8 Å². The molecule has 0 saturated heterocycles. The fourth-order valence-electron chi connectivity index (χ4n) is 2.70. The van der Waals surface area contributed by atoms with Gasteiger partial charge in [-0.25, -0.2) is 4.98 Å². The Morgan fingerprint density at radius 1 is 1.00 bits per heavy atom. The van der Waals surface area contributed by atoms with Crippen LogP contribution in [0.3, 0.4) is 0 Å². The van der Waals surface area contributed by atoms with Gasteiger partial charge in [0.1, 0.15) is 11.4 Å². The smallest absolute Gasteiger partial charge is 0.339 e. The third-order valence-electron chi connectivity index (χ3n) is 4.25. The SMILES string of the molecule is CCCCc1ccc(Nc2ncc(C(F)(F)F)c(Nc3ccccc3Br)n2)cc1. The summed E-state index contributed by atoms with van der Waals surface area (Å²) in [6.07, 6.45) is -0.577. The van der Waals surface area contributed by atoms with Crippen molar-refractivity contribution in [2.45, 2.75) is 32.4 Å². The molecule has 152 valence electrons. The lowest BCUT2D eigenvalue weighted by Gasteiger charge is -2.15. The van der Waals surface area contributed by atoms with Crippen LogP contribution in [0.15, 0.2) is 59.2 Å². The minimum Gasteiger partial charge on any atom is -0.339 e. The maximum absolute atomic E-state index is 13.4. The first-order chi connectivity index (χ1) is 13.9. The highest BCUT2D eigenvalue weighted by Crippen LogP contribution is 2.36. The lowest BCUT2D eigenvalue weighted by atomic mass is 10.1. The van der Waals surface area contributed by atoms with Gasteiger partial charge in [0, 0.05) is 16.4 Å². The first-order valence-electron chi connectivity index (χ1n) is 9.18. The summed E-state index contributed by atoms with van der Waals surface area (Å²) in [6, 6.07) is 14.6. The number of nitrogens with zero attached hydrogens (tertiary/aromatic N) is 2. The van der Waals surface area contributed by atoms with Crippen LogP contribution in [0.1, 0.15) is 30.9 Å². The summed E-state index contributed by atoms with van der Waals surface area (Å²) in [5.74, 6) is -0.240. The summed E-state index contributed by atoms with van der Waals surface area (Å²) in [6.45, 7) is 2.14. The van der Waals surface area contributed by atoms with Crippen molar-refractivity contribution in [2.24, 2.45) is 0 Å². The number of hydrogen-bond donors (Lipinski definition) is 2. The van der Waals surface area contributed by atoms with E-state index in [-0.39, 0.29) is 11.8 Å². The zero-order valence-corrected chi connectivity index (χ0v) is 17.3. The summed E-state index contributed by atoms with van der Waals surface area (Å²) < 4.78 is 40.8. The van der Waals surface area contributed by atoms with Gasteiger partial charge in [0.2, 0.25) is 5.95 Å². The molecule has 1 heterocycles. The van der Waals surface area contributed by atoms with Crippen molar-refractivity contribution in [1.29, 1.82) is 0 Å². The predicted octanol–water partition coefficient (Wildman–Crippen LogP) is 7.09. The van der Waals surface area contributed by atoms with Crippen LogP contribution in [0.4, 0.5) is 36.3 Å². The summed E-state index contributed by atoms with van der Waals surface area (Å²) in [7, 11) is 0. The van der Waals surface area contributed by atoms with E-state index in [9.17, 15) is 13.2 Å². The molecule has 1 aromatic heterocycles. The Kier molecular flexibility index (Phi) is 6.74. The Morgan fingerprint density at radius 2 is 1.72 bits per heavy atom. The second-order valence-corrected chi connectivity index (χ2v) is 7.34. The number of halogens is 4. The van der Waals surface area contributed by atoms with Gasteiger partial charge in [0.05, 0.1) is 5.69 Å². The highest BCUT2D eigenvalue weighted by atomic mass is 79.9. The number of anilines is 4. The number of aromatic nitrogens is 2. The molecule has 2 aromatic carbocycles. The minimum atomic E-state index is -4.58. The van der Waals surface area contributed by atoms with E-state index < -0.39 is 11.7 Å². The Bertz CT molecular complexity index is 959. The van der Waals surface area contributed by atoms with Gasteiger partial charge < -0.3 is 10.6 Å². The van der Waals surface area contributed by atoms with E-state index >= 15 is 0 Å². The molecule has 0 unspecified atom stereocenters. The van der Waals surface area contributed by atoms with Gasteiger partial charge in [0.15, 0.2) is 0 Å². The Balaban J connectivity index is 1.86. The van der Waals surface area contributed by atoms with Crippen LogP contribution in [0, 0.1) is 0 Å². The van der Waals surface area contributed by atoms with Crippen molar-refractivity contribution in [3.05, 3.63) is 70.3 Å². The Morgan fingerprint density at radius 3 is 2.38 bits per heavy atom. The highest BCUT2D eigenvalue weighted by molar-refractivity contribution is 9.10. The molecule has 0 amide bonds. The Labute approximate surface area is 175 Å². The summed E-state index contributed by atoms with van der Waals surface area (Å²) in [5.41, 5.74) is 1.45. The summed E-state index contributed by atoms with van der Waals surface area (Å²) in [4.78, 5) is 7.91. The number of unbranched alkanes of at least 4 members (excludes halogenated alkanes) is 1. The quantitative estimate of drug-likeness (QED) is 0.391. The fraction of sp³-hybridized carbons (Fsp3) is 0.238. The van der Waals surface area contributed by atoms with Crippen LogP contribution >= 0.6 is 15.9 Å². The molecule has 0 aliphatic carbocycles. The van der Waals surface area contributed by atoms with Crippen LogP contribution in [0.5, 0.6) is 0 Å². The number of para-hydroxylation sites is 1. The van der Waals surface area contributed by atoms with Gasteiger partial charge in [-0.2, -0.15) is 18.2 Å². The number of hydrogen-bond acceptors (Lipinski definition) is 4. The number of aryl methyl sites for hydroxylation is 1. The lowest BCUT2D eigenvalue weighted by molar-refractivity contribution is -0.137. The maximum Gasteiger partial charge on any atom is 0.421 e. The first kappa shape index (κ1) is 21.1. The van der Waals surface area contributed by atoms with E-state index in [2.05, 4.69) is 43.5 Å². The normalized spacial score (nSPS) is 11.3. The van der Waals surface area contributed by atoms with E-state index in [1.807, 2.05) is 24.3 Å². The lowest BCUT2D eigenvalue weighted by Crippen LogP contribution is -2.12. The first-order valence-corrected chi connectivity index (χ1v) is 9.98.